The molecule has 1 rings (SSSR count). The number of hydrogen-bond acceptors (Lipinski definition) is 5. The van der Waals surface area contributed by atoms with Gasteiger partial charge in [0, 0.05) is 0 Å². The highest BCUT2D eigenvalue weighted by atomic mass is 32.1. The standard InChI is InChI=1S/C6H12N2O4S/c7-6(13)8-5-4(11)3(10)2(1-9)12-5/h2-5,9-11H,1H2,(H3,7,8,13)/t2-,3-,4-,5-/m1/s1. The van der Waals surface area contributed by atoms with Crippen molar-refractivity contribution in [3.8, 4) is 0 Å². The molecule has 1 saturated heterocycles. The molecule has 0 aromatic heterocycles. The Hall–Kier alpha value is -0.470. The molecule has 0 radical (unpaired) electrons. The monoisotopic (exact) mass is 208 g/mol. The van der Waals surface area contributed by atoms with Crippen LogP contribution in [-0.2, 0) is 4.74 Å². The molecule has 0 aromatic rings. The van der Waals surface area contributed by atoms with Crippen LogP contribution in [0.3, 0.4) is 0 Å². The Kier molecular flexibility index (Phi) is 3.40. The molecule has 0 spiro atoms. The van der Waals surface area contributed by atoms with Crippen LogP contribution >= 0.6 is 12.2 Å². The van der Waals surface area contributed by atoms with Crippen LogP contribution in [0.2, 0.25) is 0 Å². The summed E-state index contributed by atoms with van der Waals surface area (Å²) in [7, 11) is 0. The Morgan fingerprint density at radius 3 is 2.46 bits per heavy atom. The Morgan fingerprint density at radius 1 is 1.46 bits per heavy atom. The number of aliphatic hydroxyl groups excluding tert-OH is 3. The maximum absolute atomic E-state index is 9.34. The molecule has 1 aliphatic heterocycles. The average molecular weight is 208 g/mol. The van der Waals surface area contributed by atoms with Gasteiger partial charge in [-0.1, -0.05) is 0 Å². The average Bonchev–Trinajstić information content (AvgIpc) is 2.32. The lowest BCUT2D eigenvalue weighted by atomic mass is 10.1. The first-order chi connectivity index (χ1) is 6.06. The fraction of sp³-hybridized carbons (Fsp3) is 0.833. The van der Waals surface area contributed by atoms with Crippen molar-refractivity contribution in [2.75, 3.05) is 6.61 Å². The molecule has 4 atom stereocenters. The summed E-state index contributed by atoms with van der Waals surface area (Å²) in [6, 6.07) is 0. The highest BCUT2D eigenvalue weighted by Crippen LogP contribution is 2.18. The quantitative estimate of drug-likeness (QED) is 0.313. The maximum Gasteiger partial charge on any atom is 0.165 e. The zero-order valence-electron chi connectivity index (χ0n) is 6.75. The Labute approximate surface area is 80.3 Å². The van der Waals surface area contributed by atoms with E-state index in [4.69, 9.17) is 15.6 Å². The molecule has 13 heavy (non-hydrogen) atoms. The van der Waals surface area contributed by atoms with Gasteiger partial charge in [0.2, 0.25) is 0 Å². The molecule has 0 aliphatic carbocycles. The summed E-state index contributed by atoms with van der Waals surface area (Å²) in [5.41, 5.74) is 5.15. The van der Waals surface area contributed by atoms with Gasteiger partial charge in [-0.2, -0.15) is 0 Å². The zero-order chi connectivity index (χ0) is 10.0. The van der Waals surface area contributed by atoms with Gasteiger partial charge in [0.25, 0.3) is 0 Å². The van der Waals surface area contributed by atoms with Gasteiger partial charge in [-0.25, -0.2) is 0 Å². The van der Waals surface area contributed by atoms with Crippen molar-refractivity contribution in [3.63, 3.8) is 0 Å². The first kappa shape index (κ1) is 10.6. The smallest absolute Gasteiger partial charge is 0.165 e. The molecule has 0 bridgehead atoms. The highest BCUT2D eigenvalue weighted by molar-refractivity contribution is 7.80. The number of ether oxygens (including phenoxy) is 1. The zero-order valence-corrected chi connectivity index (χ0v) is 7.57. The van der Waals surface area contributed by atoms with Crippen LogP contribution < -0.4 is 11.1 Å². The molecule has 1 aliphatic rings. The van der Waals surface area contributed by atoms with Crippen LogP contribution in [0.4, 0.5) is 0 Å². The second-order valence-electron chi connectivity index (χ2n) is 2.77. The highest BCUT2D eigenvalue weighted by Gasteiger charge is 2.42. The Morgan fingerprint density at radius 2 is 2.08 bits per heavy atom. The molecular weight excluding hydrogens is 196 g/mol. The summed E-state index contributed by atoms with van der Waals surface area (Å²) in [6.45, 7) is -0.367. The first-order valence-corrected chi connectivity index (χ1v) is 4.15. The van der Waals surface area contributed by atoms with Gasteiger partial charge in [0.1, 0.15) is 18.3 Å². The molecule has 7 heteroatoms. The summed E-state index contributed by atoms with van der Waals surface area (Å²) in [4.78, 5) is 0. The molecule has 76 valence electrons. The van der Waals surface area contributed by atoms with Crippen LogP contribution in [-0.4, -0.2) is 51.6 Å². The molecule has 0 aromatic carbocycles. The number of nitrogens with one attached hydrogen (secondary N) is 1. The predicted octanol–water partition coefficient (Wildman–Crippen LogP) is -2.74. The SMILES string of the molecule is NC(=S)N[C@@H]1O[C@H](CO)[C@@H](O)[C@H]1O. The van der Waals surface area contributed by atoms with Crippen molar-refractivity contribution < 1.29 is 20.1 Å². The van der Waals surface area contributed by atoms with Gasteiger partial charge in [-0.3, -0.25) is 0 Å². The summed E-state index contributed by atoms with van der Waals surface area (Å²) >= 11 is 4.53. The molecule has 0 saturated carbocycles. The molecule has 0 unspecified atom stereocenters. The van der Waals surface area contributed by atoms with E-state index >= 15 is 0 Å². The number of aliphatic hydroxyl groups is 3. The maximum atomic E-state index is 9.34. The van der Waals surface area contributed by atoms with Crippen molar-refractivity contribution in [1.29, 1.82) is 0 Å². The Balaban J connectivity index is 2.55. The normalized spacial score (nSPS) is 39.0. The molecule has 1 heterocycles. The Bertz CT molecular complexity index is 203. The van der Waals surface area contributed by atoms with E-state index in [1.807, 2.05) is 0 Å². The molecule has 6 N–H and O–H groups in total. The van der Waals surface area contributed by atoms with E-state index in [0.29, 0.717) is 0 Å². The van der Waals surface area contributed by atoms with Crippen LogP contribution in [0.1, 0.15) is 0 Å². The van der Waals surface area contributed by atoms with E-state index in [0.717, 1.165) is 0 Å². The third-order valence-electron chi connectivity index (χ3n) is 1.83. The van der Waals surface area contributed by atoms with E-state index in [1.165, 1.54) is 0 Å². The second-order valence-corrected chi connectivity index (χ2v) is 3.21. The largest absolute Gasteiger partial charge is 0.394 e. The number of rotatable bonds is 2. The van der Waals surface area contributed by atoms with Gasteiger partial charge in [0.05, 0.1) is 6.61 Å². The number of thiocarbonyl (C=S) groups is 1. The lowest BCUT2D eigenvalue weighted by molar-refractivity contribution is -0.0261. The van der Waals surface area contributed by atoms with Crippen LogP contribution in [0.5, 0.6) is 0 Å². The van der Waals surface area contributed by atoms with Crippen molar-refractivity contribution in [2.24, 2.45) is 5.73 Å². The second kappa shape index (κ2) is 4.16. The van der Waals surface area contributed by atoms with Crippen LogP contribution in [0, 0.1) is 0 Å². The molecule has 6 nitrogen and oxygen atoms in total. The minimum atomic E-state index is -1.14. The fourth-order valence-electron chi connectivity index (χ4n) is 1.16. The lowest BCUT2D eigenvalue weighted by Crippen LogP contribution is -2.45. The summed E-state index contributed by atoms with van der Waals surface area (Å²) in [5.74, 6) is 0. The van der Waals surface area contributed by atoms with Gasteiger partial charge in [-0.15, -0.1) is 0 Å². The lowest BCUT2D eigenvalue weighted by Gasteiger charge is -2.15. The summed E-state index contributed by atoms with van der Waals surface area (Å²) in [6.07, 6.45) is -3.93. The molecular formula is C6H12N2O4S. The topological polar surface area (TPSA) is 108 Å². The summed E-state index contributed by atoms with van der Waals surface area (Å²) in [5, 5.41) is 29.8. The molecule has 0 amide bonds. The van der Waals surface area contributed by atoms with Crippen LogP contribution in [0.25, 0.3) is 0 Å². The van der Waals surface area contributed by atoms with E-state index in [1.54, 1.807) is 0 Å². The van der Waals surface area contributed by atoms with Crippen molar-refractivity contribution in [3.05, 3.63) is 0 Å². The van der Waals surface area contributed by atoms with E-state index in [-0.39, 0.29) is 11.7 Å². The van der Waals surface area contributed by atoms with Crippen LogP contribution in [0.15, 0.2) is 0 Å². The van der Waals surface area contributed by atoms with E-state index in [2.05, 4.69) is 17.5 Å². The predicted molar refractivity (Wildman–Crippen MR) is 47.7 cm³/mol. The third kappa shape index (κ3) is 2.26. The minimum Gasteiger partial charge on any atom is -0.394 e. The van der Waals surface area contributed by atoms with Gasteiger partial charge in [-0.05, 0) is 12.2 Å². The van der Waals surface area contributed by atoms with Crippen molar-refractivity contribution in [1.82, 2.24) is 5.32 Å². The molecule has 1 fully saturated rings. The minimum absolute atomic E-state index is 0.0326. The van der Waals surface area contributed by atoms with Gasteiger partial charge >= 0.3 is 0 Å². The van der Waals surface area contributed by atoms with E-state index < -0.39 is 24.5 Å². The van der Waals surface area contributed by atoms with Crippen molar-refractivity contribution >= 4 is 17.3 Å². The fourth-order valence-corrected chi connectivity index (χ4v) is 1.28. The van der Waals surface area contributed by atoms with Gasteiger partial charge in [0.15, 0.2) is 11.3 Å². The number of hydrogen-bond donors (Lipinski definition) is 5. The third-order valence-corrected chi connectivity index (χ3v) is 1.94. The number of nitrogens with two attached hydrogens (primary N) is 1. The first-order valence-electron chi connectivity index (χ1n) is 3.74. The van der Waals surface area contributed by atoms with Gasteiger partial charge < -0.3 is 31.1 Å². The van der Waals surface area contributed by atoms with E-state index in [9.17, 15) is 10.2 Å². The van der Waals surface area contributed by atoms with Crippen molar-refractivity contribution in [2.45, 2.75) is 24.5 Å². The summed E-state index contributed by atoms with van der Waals surface area (Å²) < 4.78 is 5.02.